The first-order valence-electron chi connectivity index (χ1n) is 13.2. The fourth-order valence-corrected chi connectivity index (χ4v) is 7.30. The first-order chi connectivity index (χ1) is 21.8. The van der Waals surface area contributed by atoms with Crippen LogP contribution in [0, 0.1) is 5.92 Å². The minimum atomic E-state index is -5.28. The summed E-state index contributed by atoms with van der Waals surface area (Å²) in [6.07, 6.45) is -10.5. The topological polar surface area (TPSA) is 96.2 Å². The molecule has 0 spiro atoms. The molecular weight excluding hydrogens is 678 g/mol. The van der Waals surface area contributed by atoms with E-state index in [2.05, 4.69) is 15.1 Å². The van der Waals surface area contributed by atoms with E-state index < -0.39 is 52.6 Å². The quantitative estimate of drug-likeness (QED) is 0.187. The van der Waals surface area contributed by atoms with E-state index >= 15 is 0 Å². The number of aromatic nitrogens is 4. The van der Waals surface area contributed by atoms with Gasteiger partial charge in [-0.15, -0.1) is 0 Å². The molecule has 1 aliphatic heterocycles. The molecule has 1 N–H and O–H groups in total. The Morgan fingerprint density at radius 1 is 0.783 bits per heavy atom. The Hall–Kier alpha value is -4.54. The van der Waals surface area contributed by atoms with Crippen LogP contribution in [0.25, 0.3) is 25.6 Å². The van der Waals surface area contributed by atoms with Gasteiger partial charge in [-0.1, -0.05) is 70.7 Å². The number of carbonyl (C=O) groups is 1. The van der Waals surface area contributed by atoms with Gasteiger partial charge in [0.1, 0.15) is 11.6 Å². The van der Waals surface area contributed by atoms with Crippen LogP contribution in [0.4, 0.5) is 31.5 Å². The number of hydrogen-bond donors (Lipinski definition) is 1. The summed E-state index contributed by atoms with van der Waals surface area (Å²) in [6.45, 7) is 0. The number of hydrazone groups is 1. The van der Waals surface area contributed by atoms with Crippen LogP contribution in [0.2, 0.25) is 5.02 Å². The third-order valence-corrected chi connectivity index (χ3v) is 9.57. The molecule has 17 heteroatoms. The number of hydrogen-bond acceptors (Lipinski definition) is 7. The van der Waals surface area contributed by atoms with Gasteiger partial charge in [-0.05, 0) is 42.0 Å². The second-order valence-electron chi connectivity index (χ2n) is 10.1. The van der Waals surface area contributed by atoms with Gasteiger partial charge in [-0.25, -0.2) is 9.97 Å². The zero-order valence-corrected chi connectivity index (χ0v) is 25.0. The highest BCUT2D eigenvalue weighted by atomic mass is 35.5. The molecule has 3 aromatic heterocycles. The number of para-hydroxylation sites is 2. The average molecular weight is 693 g/mol. The highest BCUT2D eigenvalue weighted by Gasteiger charge is 2.56. The SMILES string of the molecule is O=C1[C@H]([C@@H](c2ccc(Cl)cc2)c2c(C(F)(F)F)[nH]n(-c3nc4ccccc4s3)c2=O)C(C(F)(F)F)=NN1c1nc2ccccc2s1. The Labute approximate surface area is 266 Å². The molecule has 46 heavy (non-hydrogen) atoms. The third-order valence-electron chi connectivity index (χ3n) is 7.29. The van der Waals surface area contributed by atoms with Crippen molar-refractivity contribution in [2.24, 2.45) is 11.0 Å². The van der Waals surface area contributed by atoms with Crippen molar-refractivity contribution >= 4 is 71.5 Å². The second kappa shape index (κ2) is 10.8. The first kappa shape index (κ1) is 30.1. The maximum Gasteiger partial charge on any atom is 0.433 e. The monoisotopic (exact) mass is 692 g/mol. The number of rotatable bonds is 5. The number of anilines is 1. The van der Waals surface area contributed by atoms with Gasteiger partial charge >= 0.3 is 12.4 Å². The lowest BCUT2D eigenvalue weighted by atomic mass is 9.77. The molecule has 6 aromatic rings. The Morgan fingerprint density at radius 3 is 1.91 bits per heavy atom. The number of benzene rings is 3. The molecule has 0 bridgehead atoms. The van der Waals surface area contributed by atoms with E-state index in [9.17, 15) is 35.9 Å². The minimum absolute atomic E-state index is 0.123. The molecule has 234 valence electrons. The molecule has 0 unspecified atom stereocenters. The molecule has 3 aromatic carbocycles. The van der Waals surface area contributed by atoms with Crippen LogP contribution in [0.1, 0.15) is 22.7 Å². The molecule has 0 saturated carbocycles. The first-order valence-corrected chi connectivity index (χ1v) is 15.2. The number of fused-ring (bicyclic) bond motifs is 2. The summed E-state index contributed by atoms with van der Waals surface area (Å²) in [5.41, 5.74) is -5.21. The summed E-state index contributed by atoms with van der Waals surface area (Å²) < 4.78 is 89.8. The molecule has 0 fully saturated rings. The van der Waals surface area contributed by atoms with Gasteiger partial charge in [0.15, 0.2) is 5.71 Å². The number of amides is 1. The highest BCUT2D eigenvalue weighted by molar-refractivity contribution is 7.22. The lowest BCUT2D eigenvalue weighted by molar-refractivity contribution is -0.142. The van der Waals surface area contributed by atoms with Gasteiger partial charge in [0, 0.05) is 10.9 Å². The molecule has 0 aliphatic carbocycles. The van der Waals surface area contributed by atoms with E-state index in [0.29, 0.717) is 30.1 Å². The van der Waals surface area contributed by atoms with Crippen LogP contribution < -0.4 is 10.6 Å². The van der Waals surface area contributed by atoms with Crippen LogP contribution in [0.5, 0.6) is 0 Å². The molecular formula is C29H15ClF6N6O2S2. The molecule has 0 radical (unpaired) electrons. The summed E-state index contributed by atoms with van der Waals surface area (Å²) in [6, 6.07) is 17.9. The standard InChI is InChI=1S/C29H15ClF6N6O2S2/c30-14-11-9-13(10-12-14)19(20-22(28(31,32)33)39-41(24(20)43)26-37-15-5-1-3-7-17(15)45-26)21-23(29(34,35)36)40-42(25(21)44)27-38-16-6-2-4-8-18(16)46-27/h1-12,19-20,40H/t19-,20-/m1/s1. The summed E-state index contributed by atoms with van der Waals surface area (Å²) in [5, 5.41) is 5.76. The molecule has 7 rings (SSSR count). The molecule has 8 nitrogen and oxygen atoms in total. The molecule has 1 amide bonds. The highest BCUT2D eigenvalue weighted by Crippen LogP contribution is 2.46. The smallest absolute Gasteiger partial charge is 0.284 e. The van der Waals surface area contributed by atoms with Gasteiger partial charge < -0.3 is 0 Å². The number of halogens is 7. The largest absolute Gasteiger partial charge is 0.433 e. The number of nitrogens with one attached hydrogen (secondary N) is 1. The molecule has 1 aliphatic rings. The number of carbonyl (C=O) groups excluding carboxylic acids is 1. The van der Waals surface area contributed by atoms with E-state index in [0.717, 1.165) is 22.7 Å². The predicted molar refractivity (Wildman–Crippen MR) is 162 cm³/mol. The fraction of sp³-hybridized carbons (Fsp3) is 0.138. The van der Waals surface area contributed by atoms with Gasteiger partial charge in [-0.3, -0.25) is 14.7 Å². The van der Waals surface area contributed by atoms with E-state index in [4.69, 9.17) is 11.6 Å². The van der Waals surface area contributed by atoms with Crippen molar-refractivity contribution in [3.05, 3.63) is 105 Å². The second-order valence-corrected chi connectivity index (χ2v) is 12.6. The molecule has 0 saturated heterocycles. The molecule has 4 heterocycles. The Kier molecular flexibility index (Phi) is 7.06. The van der Waals surface area contributed by atoms with Crippen LogP contribution in [-0.4, -0.2) is 37.5 Å². The average Bonchev–Trinajstić information content (AvgIpc) is 3.77. The predicted octanol–water partition coefficient (Wildman–Crippen LogP) is 7.77. The number of thiazole rings is 2. The van der Waals surface area contributed by atoms with Crippen molar-refractivity contribution < 1.29 is 31.1 Å². The number of aromatic amines is 1. The Morgan fingerprint density at radius 2 is 1.35 bits per heavy atom. The van der Waals surface area contributed by atoms with Crippen LogP contribution in [-0.2, 0) is 11.0 Å². The van der Waals surface area contributed by atoms with Gasteiger partial charge in [0.05, 0.1) is 26.0 Å². The van der Waals surface area contributed by atoms with E-state index in [1.54, 1.807) is 48.5 Å². The van der Waals surface area contributed by atoms with E-state index in [1.807, 2.05) is 5.10 Å². The molecule has 2 atom stereocenters. The number of alkyl halides is 6. The van der Waals surface area contributed by atoms with Crippen molar-refractivity contribution in [3.8, 4) is 5.13 Å². The Bertz CT molecular complexity index is 2170. The third kappa shape index (κ3) is 5.05. The zero-order valence-electron chi connectivity index (χ0n) is 22.6. The van der Waals surface area contributed by atoms with Crippen LogP contribution >= 0.6 is 34.3 Å². The maximum atomic E-state index is 14.7. The normalized spacial score (nSPS) is 16.5. The summed E-state index contributed by atoms with van der Waals surface area (Å²) in [7, 11) is 0. The fourth-order valence-electron chi connectivity index (χ4n) is 5.33. The summed E-state index contributed by atoms with van der Waals surface area (Å²) in [5.74, 6) is -5.83. The lowest BCUT2D eigenvalue weighted by Gasteiger charge is -2.25. The van der Waals surface area contributed by atoms with Gasteiger partial charge in [0.25, 0.3) is 11.5 Å². The zero-order chi connectivity index (χ0) is 32.5. The van der Waals surface area contributed by atoms with Crippen molar-refractivity contribution in [2.75, 3.05) is 5.01 Å². The van der Waals surface area contributed by atoms with Crippen molar-refractivity contribution in [1.82, 2.24) is 19.7 Å². The van der Waals surface area contributed by atoms with Gasteiger partial charge in [-0.2, -0.15) is 41.1 Å². The number of nitrogens with zero attached hydrogens (tertiary/aromatic N) is 5. The summed E-state index contributed by atoms with van der Waals surface area (Å²) in [4.78, 5) is 36.5. The van der Waals surface area contributed by atoms with Crippen LogP contribution in [0.15, 0.2) is 82.7 Å². The van der Waals surface area contributed by atoms with Crippen molar-refractivity contribution in [1.29, 1.82) is 0 Å². The van der Waals surface area contributed by atoms with Crippen molar-refractivity contribution in [2.45, 2.75) is 18.3 Å². The van der Waals surface area contributed by atoms with E-state index in [1.165, 1.54) is 24.3 Å². The minimum Gasteiger partial charge on any atom is -0.284 e. The summed E-state index contributed by atoms with van der Waals surface area (Å²) >= 11 is 7.78. The van der Waals surface area contributed by atoms with Crippen LogP contribution in [0.3, 0.4) is 0 Å². The Balaban J connectivity index is 1.47. The lowest BCUT2D eigenvalue weighted by Crippen LogP contribution is -2.39. The van der Waals surface area contributed by atoms with Gasteiger partial charge in [0.2, 0.25) is 10.3 Å². The van der Waals surface area contributed by atoms with Crippen molar-refractivity contribution in [3.63, 3.8) is 0 Å². The number of H-pyrrole nitrogens is 1. The van der Waals surface area contributed by atoms with E-state index in [-0.39, 0.29) is 20.8 Å². The maximum absolute atomic E-state index is 14.7.